The molecule has 1 amide bonds. The average Bonchev–Trinajstić information content (AvgIpc) is 2.90. The molecule has 0 aliphatic heterocycles. The molecule has 0 bridgehead atoms. The van der Waals surface area contributed by atoms with Gasteiger partial charge in [-0.3, -0.25) is 14.9 Å². The maximum absolute atomic E-state index is 12.2. The smallest absolute Gasteiger partial charge is 0.272 e. The number of benzene rings is 2. The number of non-ortho nitro benzene ring substituents is 1. The fraction of sp³-hybridized carbons (Fsp3) is 0.158. The Morgan fingerprint density at radius 3 is 2.77 bits per heavy atom. The quantitative estimate of drug-likeness (QED) is 0.400. The summed E-state index contributed by atoms with van der Waals surface area (Å²) in [7, 11) is 1.88. The Balaban J connectivity index is 1.93. The third-order valence-electron chi connectivity index (χ3n) is 3.95. The lowest BCUT2D eigenvalue weighted by Gasteiger charge is -2.00. The van der Waals surface area contributed by atoms with Crippen molar-refractivity contribution in [2.24, 2.45) is 12.0 Å². The summed E-state index contributed by atoms with van der Waals surface area (Å²) in [6, 6.07) is 10.3. The van der Waals surface area contributed by atoms with Gasteiger partial charge in [0.25, 0.3) is 11.6 Å². The van der Waals surface area contributed by atoms with Crippen molar-refractivity contribution in [1.29, 1.82) is 0 Å². The summed E-state index contributed by atoms with van der Waals surface area (Å²) >= 11 is 1.47. The van der Waals surface area contributed by atoms with Crippen LogP contribution in [0.1, 0.15) is 16.7 Å². The molecule has 0 N–H and O–H groups in total. The van der Waals surface area contributed by atoms with Crippen molar-refractivity contribution >= 4 is 39.2 Å². The van der Waals surface area contributed by atoms with Crippen molar-refractivity contribution in [1.82, 2.24) is 4.57 Å². The number of carbonyl (C=O) groups excluding carboxylic acids is 1. The number of nitro groups is 1. The van der Waals surface area contributed by atoms with Gasteiger partial charge in [0.05, 0.1) is 15.1 Å². The van der Waals surface area contributed by atoms with E-state index in [0.717, 1.165) is 21.3 Å². The van der Waals surface area contributed by atoms with E-state index in [-0.39, 0.29) is 5.69 Å². The van der Waals surface area contributed by atoms with Gasteiger partial charge in [-0.25, -0.2) is 0 Å². The van der Waals surface area contributed by atoms with Crippen LogP contribution in [0.3, 0.4) is 0 Å². The minimum atomic E-state index is -0.467. The van der Waals surface area contributed by atoms with Gasteiger partial charge in [0.2, 0.25) is 0 Å². The summed E-state index contributed by atoms with van der Waals surface area (Å²) in [5, 5.41) is 10.8. The molecular weight excluding hydrogens is 350 g/mol. The second-order valence-electron chi connectivity index (χ2n) is 6.01. The number of amides is 1. The van der Waals surface area contributed by atoms with E-state index in [1.54, 1.807) is 12.1 Å². The molecular formula is C19H17N3O3S. The van der Waals surface area contributed by atoms with E-state index >= 15 is 0 Å². The van der Waals surface area contributed by atoms with Gasteiger partial charge >= 0.3 is 0 Å². The topological polar surface area (TPSA) is 77.5 Å². The fourth-order valence-corrected chi connectivity index (χ4v) is 3.79. The van der Waals surface area contributed by atoms with Crippen LogP contribution >= 0.6 is 11.3 Å². The molecule has 26 heavy (non-hydrogen) atoms. The van der Waals surface area contributed by atoms with Crippen LogP contribution in [0.2, 0.25) is 0 Å². The maximum atomic E-state index is 12.2. The summed E-state index contributed by atoms with van der Waals surface area (Å²) in [4.78, 5) is 27.3. The molecule has 3 aromatic rings. The molecule has 2 aromatic carbocycles. The Morgan fingerprint density at radius 1 is 1.27 bits per heavy atom. The molecule has 0 aliphatic carbocycles. The molecule has 0 fully saturated rings. The van der Waals surface area contributed by atoms with Crippen LogP contribution in [-0.4, -0.2) is 15.4 Å². The number of aromatic nitrogens is 1. The monoisotopic (exact) mass is 367 g/mol. The zero-order valence-electron chi connectivity index (χ0n) is 14.6. The van der Waals surface area contributed by atoms with Gasteiger partial charge in [0.15, 0.2) is 4.80 Å². The van der Waals surface area contributed by atoms with Gasteiger partial charge in [-0.1, -0.05) is 29.5 Å². The molecule has 0 saturated carbocycles. The van der Waals surface area contributed by atoms with Crippen molar-refractivity contribution in [2.45, 2.75) is 13.8 Å². The van der Waals surface area contributed by atoms with Crippen LogP contribution in [0.25, 0.3) is 16.3 Å². The second kappa shape index (κ2) is 7.05. The number of nitrogens with zero attached hydrogens (tertiary/aromatic N) is 3. The van der Waals surface area contributed by atoms with Crippen LogP contribution in [0, 0.1) is 24.0 Å². The third kappa shape index (κ3) is 3.62. The first-order valence-electron chi connectivity index (χ1n) is 7.93. The highest BCUT2D eigenvalue weighted by Gasteiger charge is 2.07. The third-order valence-corrected chi connectivity index (χ3v) is 5.23. The van der Waals surface area contributed by atoms with Crippen molar-refractivity contribution < 1.29 is 9.72 Å². The van der Waals surface area contributed by atoms with E-state index < -0.39 is 10.8 Å². The number of fused-ring (bicyclic) bond motifs is 1. The first kappa shape index (κ1) is 17.8. The average molecular weight is 367 g/mol. The zero-order valence-corrected chi connectivity index (χ0v) is 15.4. The van der Waals surface area contributed by atoms with Crippen molar-refractivity contribution in [3.05, 3.63) is 74.1 Å². The van der Waals surface area contributed by atoms with Gasteiger partial charge in [-0.05, 0) is 42.7 Å². The maximum Gasteiger partial charge on any atom is 0.272 e. The highest BCUT2D eigenvalue weighted by atomic mass is 32.1. The Kier molecular flexibility index (Phi) is 4.81. The number of thiazole rings is 1. The minimum absolute atomic E-state index is 0.0155. The predicted octanol–water partition coefficient (Wildman–Crippen LogP) is 3.91. The molecule has 0 aliphatic rings. The number of hydrogen-bond donors (Lipinski definition) is 0. The lowest BCUT2D eigenvalue weighted by Crippen LogP contribution is -2.12. The highest BCUT2D eigenvalue weighted by Crippen LogP contribution is 2.22. The molecule has 0 radical (unpaired) electrons. The molecule has 132 valence electrons. The van der Waals surface area contributed by atoms with Gasteiger partial charge in [0.1, 0.15) is 0 Å². The molecule has 0 saturated heterocycles. The Bertz CT molecular complexity index is 1120. The van der Waals surface area contributed by atoms with E-state index in [1.165, 1.54) is 35.6 Å². The highest BCUT2D eigenvalue weighted by molar-refractivity contribution is 7.16. The number of hydrogen-bond acceptors (Lipinski definition) is 4. The Hall–Kier alpha value is -3.06. The van der Waals surface area contributed by atoms with Crippen molar-refractivity contribution in [3.63, 3.8) is 0 Å². The summed E-state index contributed by atoms with van der Waals surface area (Å²) in [5.41, 5.74) is 3.92. The van der Waals surface area contributed by atoms with Gasteiger partial charge < -0.3 is 4.57 Å². The lowest BCUT2D eigenvalue weighted by atomic mass is 10.1. The minimum Gasteiger partial charge on any atom is -0.319 e. The normalized spacial score (nSPS) is 12.2. The summed E-state index contributed by atoms with van der Waals surface area (Å²) in [6.07, 6.45) is 2.85. The largest absolute Gasteiger partial charge is 0.319 e. The second-order valence-corrected chi connectivity index (χ2v) is 6.99. The van der Waals surface area contributed by atoms with Crippen LogP contribution in [0.15, 0.2) is 47.5 Å². The molecule has 0 unspecified atom stereocenters. The van der Waals surface area contributed by atoms with E-state index in [9.17, 15) is 14.9 Å². The predicted molar refractivity (Wildman–Crippen MR) is 103 cm³/mol. The first-order valence-corrected chi connectivity index (χ1v) is 8.75. The molecule has 6 nitrogen and oxygen atoms in total. The van der Waals surface area contributed by atoms with Crippen LogP contribution in [-0.2, 0) is 11.8 Å². The van der Waals surface area contributed by atoms with E-state index in [4.69, 9.17) is 0 Å². The van der Waals surface area contributed by atoms with Crippen LogP contribution < -0.4 is 4.80 Å². The molecule has 7 heteroatoms. The zero-order chi connectivity index (χ0) is 18.8. The van der Waals surface area contributed by atoms with E-state index in [1.807, 2.05) is 25.5 Å². The Labute approximate surface area is 153 Å². The summed E-state index contributed by atoms with van der Waals surface area (Å²) in [6.45, 7) is 4.08. The number of carbonyl (C=O) groups is 1. The molecule has 0 atom stereocenters. The van der Waals surface area contributed by atoms with Gasteiger partial charge in [-0.15, -0.1) is 0 Å². The summed E-state index contributed by atoms with van der Waals surface area (Å²) < 4.78 is 3.01. The fourth-order valence-electron chi connectivity index (χ4n) is 2.72. The van der Waals surface area contributed by atoms with Gasteiger partial charge in [-0.2, -0.15) is 4.99 Å². The van der Waals surface area contributed by atoms with Crippen LogP contribution in [0.4, 0.5) is 5.69 Å². The number of rotatable bonds is 3. The number of nitro benzene ring substituents is 1. The lowest BCUT2D eigenvalue weighted by molar-refractivity contribution is -0.384. The first-order chi connectivity index (χ1) is 12.3. The summed E-state index contributed by atoms with van der Waals surface area (Å²) in [5.74, 6) is -0.409. The van der Waals surface area contributed by atoms with Crippen LogP contribution in [0.5, 0.6) is 0 Å². The standard InChI is InChI=1S/C19H17N3O3S/c1-12-9-13(2)18-16(10-12)21(3)19(26-18)20-17(23)8-7-14-5-4-6-15(11-14)22(24)25/h4-11H,1-3H3/b8-7+,20-19?. The van der Waals surface area contributed by atoms with Gasteiger partial charge in [0, 0.05) is 25.3 Å². The SMILES string of the molecule is Cc1cc(C)c2sc(=NC(=O)/C=C/c3cccc([N+](=O)[O-])c3)n(C)c2c1. The van der Waals surface area contributed by atoms with Crippen molar-refractivity contribution in [2.75, 3.05) is 0 Å². The molecule has 1 aromatic heterocycles. The molecule has 0 spiro atoms. The van der Waals surface area contributed by atoms with E-state index in [0.29, 0.717) is 10.4 Å². The molecule has 3 rings (SSSR count). The van der Waals surface area contributed by atoms with Crippen molar-refractivity contribution in [3.8, 4) is 0 Å². The Morgan fingerprint density at radius 2 is 2.04 bits per heavy atom. The molecule has 1 heterocycles. The van der Waals surface area contributed by atoms with E-state index in [2.05, 4.69) is 17.1 Å². The number of aryl methyl sites for hydroxylation is 3.